The van der Waals surface area contributed by atoms with Crippen molar-refractivity contribution in [1.29, 1.82) is 0 Å². The predicted octanol–water partition coefficient (Wildman–Crippen LogP) is 4.50. The van der Waals surface area contributed by atoms with Crippen LogP contribution in [0.1, 0.15) is 17.4 Å². The molecule has 1 heterocycles. The number of carbonyl (C=O) groups is 2. The molecule has 6 nitrogen and oxygen atoms in total. The Bertz CT molecular complexity index is 961. The first-order valence-corrected chi connectivity index (χ1v) is 10.5. The number of hydrogen-bond donors (Lipinski definition) is 2. The van der Waals surface area contributed by atoms with E-state index < -0.39 is 12.1 Å². The van der Waals surface area contributed by atoms with E-state index in [0.29, 0.717) is 18.8 Å². The van der Waals surface area contributed by atoms with E-state index >= 15 is 0 Å². The zero-order valence-corrected chi connectivity index (χ0v) is 17.8. The van der Waals surface area contributed by atoms with Gasteiger partial charge in [0, 0.05) is 22.7 Å². The summed E-state index contributed by atoms with van der Waals surface area (Å²) in [6, 6.07) is 19.6. The molecule has 0 saturated carbocycles. The Labute approximate surface area is 180 Å². The van der Waals surface area contributed by atoms with E-state index in [1.54, 1.807) is 42.4 Å². The second-order valence-electron chi connectivity index (χ2n) is 6.77. The fourth-order valence-corrected chi connectivity index (χ4v) is 3.78. The average Bonchev–Trinajstić information content (AvgIpc) is 3.27. The van der Waals surface area contributed by atoms with Gasteiger partial charge in [0.1, 0.15) is 11.8 Å². The number of benzene rings is 2. The van der Waals surface area contributed by atoms with Crippen molar-refractivity contribution in [2.45, 2.75) is 26.1 Å². The molecule has 0 saturated heterocycles. The van der Waals surface area contributed by atoms with Crippen molar-refractivity contribution in [3.8, 4) is 5.75 Å². The molecule has 7 heteroatoms. The van der Waals surface area contributed by atoms with Gasteiger partial charge in [-0.05, 0) is 36.6 Å². The van der Waals surface area contributed by atoms with Gasteiger partial charge in [0.2, 0.25) is 5.91 Å². The van der Waals surface area contributed by atoms with Crippen LogP contribution in [0.5, 0.6) is 5.75 Å². The van der Waals surface area contributed by atoms with Crippen molar-refractivity contribution in [3.63, 3.8) is 0 Å². The van der Waals surface area contributed by atoms with Gasteiger partial charge in [-0.1, -0.05) is 42.5 Å². The van der Waals surface area contributed by atoms with Crippen LogP contribution in [0.25, 0.3) is 0 Å². The topological polar surface area (TPSA) is 70.7 Å². The lowest BCUT2D eigenvalue weighted by Gasteiger charge is -2.26. The summed E-state index contributed by atoms with van der Waals surface area (Å²) in [5.41, 5.74) is 1.57. The van der Waals surface area contributed by atoms with Crippen molar-refractivity contribution < 1.29 is 14.3 Å². The van der Waals surface area contributed by atoms with Crippen molar-refractivity contribution >= 4 is 29.0 Å². The first kappa shape index (κ1) is 21.4. The van der Waals surface area contributed by atoms with Crippen molar-refractivity contribution in [1.82, 2.24) is 10.2 Å². The normalized spacial score (nSPS) is 11.4. The third-order valence-corrected chi connectivity index (χ3v) is 5.40. The number of urea groups is 1. The summed E-state index contributed by atoms with van der Waals surface area (Å²) in [4.78, 5) is 28.3. The lowest BCUT2D eigenvalue weighted by molar-refractivity contribution is -0.134. The zero-order chi connectivity index (χ0) is 21.3. The summed E-state index contributed by atoms with van der Waals surface area (Å²) in [6.45, 7) is 2.53. The maximum absolute atomic E-state index is 13.2. The van der Waals surface area contributed by atoms with Gasteiger partial charge in [-0.3, -0.25) is 4.79 Å². The number of amides is 3. The van der Waals surface area contributed by atoms with Gasteiger partial charge >= 0.3 is 6.03 Å². The number of nitrogens with one attached hydrogen (secondary N) is 2. The Hall–Kier alpha value is -3.32. The molecule has 156 valence electrons. The maximum Gasteiger partial charge on any atom is 0.319 e. The molecule has 0 radical (unpaired) electrons. The van der Waals surface area contributed by atoms with Gasteiger partial charge in [-0.2, -0.15) is 0 Å². The first-order valence-electron chi connectivity index (χ1n) is 9.62. The van der Waals surface area contributed by atoms with Crippen molar-refractivity contribution in [3.05, 3.63) is 82.6 Å². The number of thiophene rings is 1. The molecule has 3 aromatic rings. The van der Waals surface area contributed by atoms with Gasteiger partial charge in [0.25, 0.3) is 0 Å². The maximum atomic E-state index is 13.2. The Kier molecular flexibility index (Phi) is 7.45. The summed E-state index contributed by atoms with van der Waals surface area (Å²) >= 11 is 1.59. The lowest BCUT2D eigenvalue weighted by atomic mass is 10.1. The summed E-state index contributed by atoms with van der Waals surface area (Å²) in [7, 11) is 1.61. The molecule has 0 aliphatic heterocycles. The van der Waals surface area contributed by atoms with E-state index in [0.717, 1.165) is 16.2 Å². The monoisotopic (exact) mass is 423 g/mol. The molecule has 0 bridgehead atoms. The summed E-state index contributed by atoms with van der Waals surface area (Å²) in [5.74, 6) is 0.557. The van der Waals surface area contributed by atoms with Crippen LogP contribution in [0.3, 0.4) is 0 Å². The molecule has 0 unspecified atom stereocenters. The zero-order valence-electron chi connectivity index (χ0n) is 17.0. The largest absolute Gasteiger partial charge is 0.496 e. The minimum Gasteiger partial charge on any atom is -0.496 e. The quantitative estimate of drug-likeness (QED) is 0.561. The summed E-state index contributed by atoms with van der Waals surface area (Å²) < 4.78 is 5.44. The molecule has 0 fully saturated rings. The fraction of sp³-hybridized carbons (Fsp3) is 0.217. The summed E-state index contributed by atoms with van der Waals surface area (Å²) in [6.07, 6.45) is 0. The number of hydrogen-bond acceptors (Lipinski definition) is 4. The molecule has 3 rings (SSSR count). The molecule has 1 atom stereocenters. The highest BCUT2D eigenvalue weighted by molar-refractivity contribution is 7.09. The Morgan fingerprint density at radius 2 is 1.73 bits per heavy atom. The second kappa shape index (κ2) is 10.5. The van der Waals surface area contributed by atoms with E-state index in [1.807, 2.05) is 60.0 Å². The fourth-order valence-electron chi connectivity index (χ4n) is 3.06. The molecule has 0 spiro atoms. The van der Waals surface area contributed by atoms with Crippen LogP contribution >= 0.6 is 11.3 Å². The molecule has 2 aromatic carbocycles. The third kappa shape index (κ3) is 5.84. The molecule has 0 aliphatic carbocycles. The highest BCUT2D eigenvalue weighted by atomic mass is 32.1. The molecule has 3 amide bonds. The summed E-state index contributed by atoms with van der Waals surface area (Å²) in [5, 5.41) is 7.46. The van der Waals surface area contributed by atoms with E-state index in [-0.39, 0.29) is 5.91 Å². The van der Waals surface area contributed by atoms with Gasteiger partial charge in [0.15, 0.2) is 0 Å². The Balaban J connectivity index is 1.71. The number of methoxy groups -OCH3 is 1. The molecule has 0 aliphatic rings. The van der Waals surface area contributed by atoms with Crippen LogP contribution in [0, 0.1) is 0 Å². The minimum absolute atomic E-state index is 0.169. The van der Waals surface area contributed by atoms with Crippen LogP contribution in [-0.4, -0.2) is 30.0 Å². The van der Waals surface area contributed by atoms with Gasteiger partial charge in [-0.25, -0.2) is 4.79 Å². The van der Waals surface area contributed by atoms with Crippen molar-refractivity contribution in [2.75, 3.05) is 12.4 Å². The number of para-hydroxylation sites is 2. The number of ether oxygens (including phenoxy) is 1. The predicted molar refractivity (Wildman–Crippen MR) is 120 cm³/mol. The second-order valence-corrected chi connectivity index (χ2v) is 7.80. The molecule has 2 N–H and O–H groups in total. The van der Waals surface area contributed by atoms with E-state index in [2.05, 4.69) is 10.6 Å². The van der Waals surface area contributed by atoms with Crippen LogP contribution in [0.15, 0.2) is 72.1 Å². The lowest BCUT2D eigenvalue weighted by Crippen LogP contribution is -2.47. The highest BCUT2D eigenvalue weighted by Crippen LogP contribution is 2.22. The number of nitrogens with zero attached hydrogens (tertiary/aromatic N) is 1. The Morgan fingerprint density at radius 3 is 2.43 bits per heavy atom. The number of carbonyl (C=O) groups excluding carboxylic acids is 2. The van der Waals surface area contributed by atoms with Gasteiger partial charge < -0.3 is 20.3 Å². The first-order chi connectivity index (χ1) is 14.6. The number of anilines is 1. The smallest absolute Gasteiger partial charge is 0.319 e. The van der Waals surface area contributed by atoms with Crippen LogP contribution < -0.4 is 15.4 Å². The molecule has 30 heavy (non-hydrogen) atoms. The molecular weight excluding hydrogens is 398 g/mol. The van der Waals surface area contributed by atoms with Gasteiger partial charge in [0.05, 0.1) is 13.7 Å². The standard InChI is InChI=1S/C23H25N3O3S/c1-17(24-23(28)25-19-10-4-3-5-11-19)22(27)26(16-20-12-8-14-30-20)15-18-9-6-7-13-21(18)29-2/h3-14,17H,15-16H2,1-2H3,(H2,24,25,28)/t17-/m0/s1. The van der Waals surface area contributed by atoms with E-state index in [1.165, 1.54) is 0 Å². The highest BCUT2D eigenvalue weighted by Gasteiger charge is 2.24. The SMILES string of the molecule is COc1ccccc1CN(Cc1cccs1)C(=O)[C@H](C)NC(=O)Nc1ccccc1. The van der Waals surface area contributed by atoms with Crippen LogP contribution in [0.4, 0.5) is 10.5 Å². The van der Waals surface area contributed by atoms with Crippen molar-refractivity contribution in [2.24, 2.45) is 0 Å². The van der Waals surface area contributed by atoms with Gasteiger partial charge in [-0.15, -0.1) is 11.3 Å². The number of rotatable bonds is 8. The van der Waals surface area contributed by atoms with E-state index in [4.69, 9.17) is 4.74 Å². The van der Waals surface area contributed by atoms with Crippen LogP contribution in [-0.2, 0) is 17.9 Å². The minimum atomic E-state index is -0.691. The van der Waals surface area contributed by atoms with E-state index in [9.17, 15) is 9.59 Å². The molecule has 1 aromatic heterocycles. The average molecular weight is 424 g/mol. The third-order valence-electron chi connectivity index (χ3n) is 4.54. The Morgan fingerprint density at radius 1 is 1.00 bits per heavy atom. The van der Waals surface area contributed by atoms with Crippen LogP contribution in [0.2, 0.25) is 0 Å². The molecular formula is C23H25N3O3S.